The molecule has 4 nitrogen and oxygen atoms in total. The summed E-state index contributed by atoms with van der Waals surface area (Å²) in [5, 5.41) is 1.33. The van der Waals surface area contributed by atoms with Crippen LogP contribution in [-0.2, 0) is 9.63 Å². The zero-order valence-corrected chi connectivity index (χ0v) is 8.20. The van der Waals surface area contributed by atoms with Crippen molar-refractivity contribution < 1.29 is 14.1 Å². The Hall–Kier alpha value is -0.610. The van der Waals surface area contributed by atoms with Gasteiger partial charge in [0.25, 0.3) is 0 Å². The summed E-state index contributed by atoms with van der Waals surface area (Å²) < 4.78 is 0.825. The monoisotopic (exact) mass is 173 g/mol. The number of likely N-dealkylation sites (N-methyl/N-ethyl adjacent to an activating group) is 1. The second kappa shape index (κ2) is 3.03. The summed E-state index contributed by atoms with van der Waals surface area (Å²) in [7, 11) is 7.93. The highest BCUT2D eigenvalue weighted by atomic mass is 16.7. The quantitative estimate of drug-likeness (QED) is 0.544. The molecule has 4 heteroatoms. The van der Waals surface area contributed by atoms with E-state index >= 15 is 0 Å². The zero-order valence-electron chi connectivity index (χ0n) is 8.20. The van der Waals surface area contributed by atoms with E-state index in [1.54, 1.807) is 7.05 Å². The smallest absolute Gasteiger partial charge is 0.248 e. The van der Waals surface area contributed by atoms with E-state index in [0.29, 0.717) is 6.42 Å². The molecule has 1 atom stereocenters. The fourth-order valence-electron chi connectivity index (χ4n) is 1.35. The number of rotatable bonds is 2. The van der Waals surface area contributed by atoms with E-state index in [1.165, 1.54) is 5.06 Å². The molecular weight excluding hydrogens is 156 g/mol. The Morgan fingerprint density at radius 2 is 2.17 bits per heavy atom. The van der Waals surface area contributed by atoms with Crippen molar-refractivity contribution in [2.75, 3.05) is 34.7 Å². The van der Waals surface area contributed by atoms with Gasteiger partial charge in [-0.15, -0.1) is 0 Å². The molecule has 1 amide bonds. The van der Waals surface area contributed by atoms with Crippen LogP contribution in [-0.4, -0.2) is 56.3 Å². The maximum absolute atomic E-state index is 11.1. The summed E-state index contributed by atoms with van der Waals surface area (Å²) in [6, 6.07) is 0. The minimum atomic E-state index is 0.0579. The summed E-state index contributed by atoms with van der Waals surface area (Å²) in [5.41, 5.74) is 0. The van der Waals surface area contributed by atoms with Gasteiger partial charge in [0.1, 0.15) is 12.6 Å². The second-order valence-electron chi connectivity index (χ2n) is 4.30. The molecule has 0 aliphatic carbocycles. The van der Waals surface area contributed by atoms with E-state index in [1.807, 2.05) is 0 Å². The van der Waals surface area contributed by atoms with Crippen molar-refractivity contribution in [3.63, 3.8) is 0 Å². The first-order chi connectivity index (χ1) is 5.38. The number of nitrogens with zero attached hydrogens (tertiary/aromatic N) is 2. The Morgan fingerprint density at radius 3 is 2.50 bits per heavy atom. The Kier molecular flexibility index (Phi) is 2.39. The van der Waals surface area contributed by atoms with Crippen LogP contribution >= 0.6 is 0 Å². The fraction of sp³-hybridized carbons (Fsp3) is 0.875. The summed E-state index contributed by atoms with van der Waals surface area (Å²) in [5.74, 6) is 0.0773. The van der Waals surface area contributed by atoms with Crippen LogP contribution in [0.3, 0.4) is 0 Å². The van der Waals surface area contributed by atoms with Crippen molar-refractivity contribution in [2.24, 2.45) is 0 Å². The van der Waals surface area contributed by atoms with E-state index < -0.39 is 0 Å². The predicted molar refractivity (Wildman–Crippen MR) is 45.2 cm³/mol. The molecule has 0 aromatic rings. The molecule has 0 bridgehead atoms. The van der Waals surface area contributed by atoms with Gasteiger partial charge < -0.3 is 4.48 Å². The Balaban J connectivity index is 2.43. The topological polar surface area (TPSA) is 29.5 Å². The first kappa shape index (κ1) is 9.48. The number of carbonyl (C=O) groups is 1. The molecule has 0 aromatic heterocycles. The van der Waals surface area contributed by atoms with Gasteiger partial charge in [-0.25, -0.2) is 5.06 Å². The van der Waals surface area contributed by atoms with Crippen LogP contribution in [0.15, 0.2) is 0 Å². The molecule has 0 aromatic carbocycles. The minimum absolute atomic E-state index is 0.0579. The highest BCUT2D eigenvalue weighted by Crippen LogP contribution is 2.14. The maximum atomic E-state index is 11.1. The summed E-state index contributed by atoms with van der Waals surface area (Å²) in [4.78, 5) is 16.4. The molecule has 0 spiro atoms. The van der Waals surface area contributed by atoms with E-state index in [-0.39, 0.29) is 12.0 Å². The van der Waals surface area contributed by atoms with Crippen LogP contribution in [0.5, 0.6) is 0 Å². The lowest BCUT2D eigenvalue weighted by molar-refractivity contribution is -0.873. The molecule has 1 aliphatic heterocycles. The Morgan fingerprint density at radius 1 is 1.58 bits per heavy atom. The van der Waals surface area contributed by atoms with Crippen molar-refractivity contribution in [3.05, 3.63) is 0 Å². The van der Waals surface area contributed by atoms with Gasteiger partial charge in [-0.05, 0) is 0 Å². The van der Waals surface area contributed by atoms with Gasteiger partial charge in [0.05, 0.1) is 27.6 Å². The molecule has 1 unspecified atom stereocenters. The van der Waals surface area contributed by atoms with E-state index in [4.69, 9.17) is 4.84 Å². The maximum Gasteiger partial charge on any atom is 0.248 e. The lowest BCUT2D eigenvalue weighted by Gasteiger charge is -2.26. The lowest BCUT2D eigenvalue weighted by Crippen LogP contribution is -2.41. The number of carbonyl (C=O) groups excluding carboxylic acids is 1. The molecule has 1 heterocycles. The Labute approximate surface area is 73.2 Å². The predicted octanol–water partition coefficient (Wildman–Crippen LogP) is -0.145. The van der Waals surface area contributed by atoms with Gasteiger partial charge in [-0.3, -0.25) is 9.63 Å². The van der Waals surface area contributed by atoms with Crippen LogP contribution in [0.4, 0.5) is 0 Å². The highest BCUT2D eigenvalue weighted by molar-refractivity contribution is 5.76. The van der Waals surface area contributed by atoms with Gasteiger partial charge in [0, 0.05) is 7.05 Å². The van der Waals surface area contributed by atoms with Crippen molar-refractivity contribution in [1.29, 1.82) is 0 Å². The first-order valence-electron chi connectivity index (χ1n) is 4.12. The fourth-order valence-corrected chi connectivity index (χ4v) is 1.35. The van der Waals surface area contributed by atoms with Gasteiger partial charge >= 0.3 is 0 Å². The van der Waals surface area contributed by atoms with E-state index in [9.17, 15) is 4.79 Å². The standard InChI is InChI=1S/C8H17N2O2/c1-9-8(11)5-7(12-9)6-10(2,3)4/h7H,5-6H2,1-4H3/q+1. The van der Waals surface area contributed by atoms with Crippen LogP contribution < -0.4 is 0 Å². The van der Waals surface area contributed by atoms with Crippen molar-refractivity contribution >= 4 is 5.91 Å². The molecule has 1 aliphatic rings. The van der Waals surface area contributed by atoms with Crippen molar-refractivity contribution in [1.82, 2.24) is 5.06 Å². The van der Waals surface area contributed by atoms with E-state index in [2.05, 4.69) is 21.1 Å². The molecular formula is C8H17N2O2+. The summed E-state index contributed by atoms with van der Waals surface area (Å²) in [6.45, 7) is 0.871. The SMILES string of the molecule is CN1OC(C[N+](C)(C)C)CC1=O. The molecule has 12 heavy (non-hydrogen) atoms. The summed E-state index contributed by atoms with van der Waals surface area (Å²) >= 11 is 0. The molecule has 0 saturated carbocycles. The molecule has 1 fully saturated rings. The van der Waals surface area contributed by atoms with Gasteiger partial charge in [-0.1, -0.05) is 0 Å². The van der Waals surface area contributed by atoms with Gasteiger partial charge in [0.15, 0.2) is 0 Å². The average molecular weight is 173 g/mol. The molecule has 0 radical (unpaired) electrons. The van der Waals surface area contributed by atoms with Crippen molar-refractivity contribution in [3.8, 4) is 0 Å². The number of amides is 1. The van der Waals surface area contributed by atoms with Crippen LogP contribution in [0.2, 0.25) is 0 Å². The zero-order chi connectivity index (χ0) is 9.35. The lowest BCUT2D eigenvalue weighted by atomic mass is 10.2. The largest absolute Gasteiger partial charge is 0.329 e. The third kappa shape index (κ3) is 2.46. The highest BCUT2D eigenvalue weighted by Gasteiger charge is 2.32. The van der Waals surface area contributed by atoms with Gasteiger partial charge in [-0.2, -0.15) is 0 Å². The number of hydrogen-bond donors (Lipinski definition) is 0. The minimum Gasteiger partial charge on any atom is -0.329 e. The summed E-state index contributed by atoms with van der Waals surface area (Å²) in [6.07, 6.45) is 0.578. The number of quaternary nitrogens is 1. The normalized spacial score (nSPS) is 25.2. The molecule has 0 N–H and O–H groups in total. The van der Waals surface area contributed by atoms with Crippen LogP contribution in [0.1, 0.15) is 6.42 Å². The Bertz CT molecular complexity index is 186. The molecule has 1 rings (SSSR count). The average Bonchev–Trinajstić information content (AvgIpc) is 2.07. The third-order valence-electron chi connectivity index (χ3n) is 1.81. The van der Waals surface area contributed by atoms with Crippen molar-refractivity contribution in [2.45, 2.75) is 12.5 Å². The first-order valence-corrected chi connectivity index (χ1v) is 4.12. The van der Waals surface area contributed by atoms with Crippen LogP contribution in [0.25, 0.3) is 0 Å². The second-order valence-corrected chi connectivity index (χ2v) is 4.30. The number of hydrogen-bond acceptors (Lipinski definition) is 2. The molecule has 70 valence electrons. The number of hydroxylamine groups is 2. The van der Waals surface area contributed by atoms with E-state index in [0.717, 1.165) is 11.0 Å². The molecule has 1 saturated heterocycles. The third-order valence-corrected chi connectivity index (χ3v) is 1.81. The van der Waals surface area contributed by atoms with Gasteiger partial charge in [0.2, 0.25) is 5.91 Å². The van der Waals surface area contributed by atoms with Crippen LogP contribution in [0, 0.1) is 0 Å².